The van der Waals surface area contributed by atoms with Crippen molar-refractivity contribution in [1.82, 2.24) is 15.1 Å². The lowest BCUT2D eigenvalue weighted by atomic mass is 9.93. The summed E-state index contributed by atoms with van der Waals surface area (Å²) in [5.41, 5.74) is 0. The quantitative estimate of drug-likeness (QED) is 0.857. The smallest absolute Gasteiger partial charge is 0.236 e. The maximum absolute atomic E-state index is 12.6. The zero-order chi connectivity index (χ0) is 14.8. The zero-order valence-corrected chi connectivity index (χ0v) is 13.7. The molecule has 3 atom stereocenters. The van der Waals surface area contributed by atoms with E-state index in [0.717, 1.165) is 31.5 Å². The van der Waals surface area contributed by atoms with Gasteiger partial charge in [0.25, 0.3) is 0 Å². The second kappa shape index (κ2) is 6.66. The Balaban J connectivity index is 1.56. The maximum Gasteiger partial charge on any atom is 0.236 e. The van der Waals surface area contributed by atoms with Crippen LogP contribution in [0.4, 0.5) is 0 Å². The van der Waals surface area contributed by atoms with E-state index in [0.29, 0.717) is 24.5 Å². The van der Waals surface area contributed by atoms with Gasteiger partial charge >= 0.3 is 0 Å². The fraction of sp³-hybridized carbons (Fsp3) is 0.941. The third-order valence-corrected chi connectivity index (χ3v) is 6.10. The molecule has 0 radical (unpaired) electrons. The maximum atomic E-state index is 12.6. The van der Waals surface area contributed by atoms with E-state index in [9.17, 15) is 4.79 Å². The van der Waals surface area contributed by atoms with E-state index in [2.05, 4.69) is 22.0 Å². The third kappa shape index (κ3) is 3.11. The molecule has 2 heterocycles. The highest BCUT2D eigenvalue weighted by atomic mass is 16.2. The Labute approximate surface area is 129 Å². The molecule has 2 aliphatic heterocycles. The number of carbonyl (C=O) groups excluding carboxylic acids is 1. The van der Waals surface area contributed by atoms with Crippen LogP contribution in [0.3, 0.4) is 0 Å². The van der Waals surface area contributed by atoms with Crippen LogP contribution in [0.5, 0.6) is 0 Å². The van der Waals surface area contributed by atoms with Crippen LogP contribution in [0.1, 0.15) is 45.4 Å². The molecule has 3 aliphatic rings. The highest BCUT2D eigenvalue weighted by Gasteiger charge is 2.43. The van der Waals surface area contributed by atoms with Gasteiger partial charge in [-0.3, -0.25) is 9.69 Å². The number of fused-ring (bicyclic) bond motifs is 1. The molecule has 1 aliphatic carbocycles. The van der Waals surface area contributed by atoms with E-state index in [4.69, 9.17) is 0 Å². The predicted molar refractivity (Wildman–Crippen MR) is 85.1 cm³/mol. The number of likely N-dealkylation sites (tertiary alicyclic amines) is 1. The van der Waals surface area contributed by atoms with E-state index in [1.54, 1.807) is 0 Å². The number of hydrogen-bond donors (Lipinski definition) is 1. The number of hydrogen-bond acceptors (Lipinski definition) is 3. The van der Waals surface area contributed by atoms with Crippen molar-refractivity contribution < 1.29 is 4.79 Å². The first-order valence-corrected chi connectivity index (χ1v) is 8.91. The number of amides is 1. The van der Waals surface area contributed by atoms with Crippen molar-refractivity contribution in [2.24, 2.45) is 11.8 Å². The zero-order valence-electron chi connectivity index (χ0n) is 13.7. The van der Waals surface area contributed by atoms with E-state index in [-0.39, 0.29) is 0 Å². The molecule has 0 aromatic heterocycles. The average molecular weight is 293 g/mol. The van der Waals surface area contributed by atoms with Crippen LogP contribution >= 0.6 is 0 Å². The number of rotatable bonds is 4. The number of carbonyl (C=O) groups is 1. The average Bonchev–Trinajstić information content (AvgIpc) is 3.07. The van der Waals surface area contributed by atoms with Gasteiger partial charge in [-0.15, -0.1) is 0 Å². The highest BCUT2D eigenvalue weighted by molar-refractivity contribution is 5.78. The molecule has 4 nitrogen and oxygen atoms in total. The Hall–Kier alpha value is -0.610. The third-order valence-electron chi connectivity index (χ3n) is 6.10. The molecule has 120 valence electrons. The SMILES string of the molecule is CCC1C2CNCC2CN1CC(=O)N(C)C1CCCCC1. The van der Waals surface area contributed by atoms with E-state index < -0.39 is 0 Å². The molecule has 3 rings (SSSR count). The molecule has 0 aromatic rings. The minimum atomic E-state index is 0.341. The van der Waals surface area contributed by atoms with Gasteiger partial charge < -0.3 is 10.2 Å². The summed E-state index contributed by atoms with van der Waals surface area (Å²) >= 11 is 0. The van der Waals surface area contributed by atoms with Gasteiger partial charge in [0.05, 0.1) is 6.54 Å². The molecular weight excluding hydrogens is 262 g/mol. The molecule has 1 saturated carbocycles. The second-order valence-electron chi connectivity index (χ2n) is 7.28. The Bertz CT molecular complexity index is 367. The van der Waals surface area contributed by atoms with Crippen molar-refractivity contribution in [3.63, 3.8) is 0 Å². The van der Waals surface area contributed by atoms with Crippen LogP contribution < -0.4 is 5.32 Å². The lowest BCUT2D eigenvalue weighted by molar-refractivity contribution is -0.134. The van der Waals surface area contributed by atoms with Gasteiger partial charge in [-0.2, -0.15) is 0 Å². The minimum absolute atomic E-state index is 0.341. The van der Waals surface area contributed by atoms with E-state index in [1.165, 1.54) is 38.5 Å². The summed E-state index contributed by atoms with van der Waals surface area (Å²) in [7, 11) is 2.03. The number of nitrogens with one attached hydrogen (secondary N) is 1. The standard InChI is InChI=1S/C17H31N3O/c1-3-16-15-10-18-9-13(15)11-20(16)12-17(21)19(2)14-7-5-4-6-8-14/h13-16,18H,3-12H2,1-2H3. The minimum Gasteiger partial charge on any atom is -0.342 e. The molecule has 0 spiro atoms. The second-order valence-corrected chi connectivity index (χ2v) is 7.28. The predicted octanol–water partition coefficient (Wildman–Crippen LogP) is 1.71. The van der Waals surface area contributed by atoms with Gasteiger partial charge in [0.2, 0.25) is 5.91 Å². The van der Waals surface area contributed by atoms with Crippen LogP contribution in [-0.4, -0.2) is 61.0 Å². The fourth-order valence-electron chi connectivity index (χ4n) is 4.81. The van der Waals surface area contributed by atoms with Crippen molar-refractivity contribution in [2.45, 2.75) is 57.5 Å². The lowest BCUT2D eigenvalue weighted by Crippen LogP contribution is -2.46. The van der Waals surface area contributed by atoms with Crippen molar-refractivity contribution in [3.05, 3.63) is 0 Å². The van der Waals surface area contributed by atoms with Crippen LogP contribution in [-0.2, 0) is 4.79 Å². The molecule has 0 bridgehead atoms. The monoisotopic (exact) mass is 293 g/mol. The van der Waals surface area contributed by atoms with Gasteiger partial charge in [0.1, 0.15) is 0 Å². The molecule has 3 fully saturated rings. The first-order chi connectivity index (χ1) is 10.2. The van der Waals surface area contributed by atoms with Crippen molar-refractivity contribution in [2.75, 3.05) is 33.2 Å². The van der Waals surface area contributed by atoms with Gasteiger partial charge in [-0.05, 0) is 44.2 Å². The summed E-state index contributed by atoms with van der Waals surface area (Å²) in [6, 6.07) is 1.10. The summed E-state index contributed by atoms with van der Waals surface area (Å²) in [5, 5.41) is 3.51. The Morgan fingerprint density at radius 1 is 1.24 bits per heavy atom. The topological polar surface area (TPSA) is 35.6 Å². The van der Waals surface area contributed by atoms with Crippen LogP contribution in [0.2, 0.25) is 0 Å². The van der Waals surface area contributed by atoms with Crippen LogP contribution in [0.15, 0.2) is 0 Å². The Kier molecular flexibility index (Phi) is 4.85. The summed E-state index contributed by atoms with van der Waals surface area (Å²) in [6.45, 7) is 6.31. The first kappa shape index (κ1) is 15.3. The normalized spacial score (nSPS) is 34.1. The Morgan fingerprint density at radius 3 is 2.71 bits per heavy atom. The summed E-state index contributed by atoms with van der Waals surface area (Å²) < 4.78 is 0. The largest absolute Gasteiger partial charge is 0.342 e. The summed E-state index contributed by atoms with van der Waals surface area (Å²) in [5.74, 6) is 1.87. The Morgan fingerprint density at radius 2 is 2.00 bits per heavy atom. The molecule has 21 heavy (non-hydrogen) atoms. The molecule has 1 amide bonds. The molecule has 2 saturated heterocycles. The summed E-state index contributed by atoms with van der Waals surface area (Å²) in [6.07, 6.45) is 7.50. The number of likely N-dealkylation sites (N-methyl/N-ethyl adjacent to an activating group) is 1. The van der Waals surface area contributed by atoms with Gasteiger partial charge in [-0.25, -0.2) is 0 Å². The van der Waals surface area contributed by atoms with E-state index in [1.807, 2.05) is 7.05 Å². The molecular formula is C17H31N3O. The molecule has 3 unspecified atom stereocenters. The van der Waals surface area contributed by atoms with Crippen molar-refractivity contribution in [3.8, 4) is 0 Å². The van der Waals surface area contributed by atoms with Crippen molar-refractivity contribution in [1.29, 1.82) is 0 Å². The van der Waals surface area contributed by atoms with Gasteiger partial charge in [0.15, 0.2) is 0 Å². The van der Waals surface area contributed by atoms with Crippen LogP contribution in [0.25, 0.3) is 0 Å². The molecule has 4 heteroatoms. The first-order valence-electron chi connectivity index (χ1n) is 8.91. The van der Waals surface area contributed by atoms with E-state index >= 15 is 0 Å². The summed E-state index contributed by atoms with van der Waals surface area (Å²) in [4.78, 5) is 17.2. The molecule has 0 aromatic carbocycles. The fourth-order valence-corrected chi connectivity index (χ4v) is 4.81. The van der Waals surface area contributed by atoms with Gasteiger partial charge in [-0.1, -0.05) is 26.2 Å². The van der Waals surface area contributed by atoms with Crippen molar-refractivity contribution >= 4 is 5.91 Å². The highest BCUT2D eigenvalue weighted by Crippen LogP contribution is 2.34. The molecule has 1 N–H and O–H groups in total. The number of nitrogens with zero attached hydrogens (tertiary/aromatic N) is 2. The lowest BCUT2D eigenvalue weighted by Gasteiger charge is -2.34. The van der Waals surface area contributed by atoms with Crippen LogP contribution in [0, 0.1) is 11.8 Å². The van der Waals surface area contributed by atoms with Gasteiger partial charge in [0, 0.05) is 25.7 Å².